The van der Waals surface area contributed by atoms with Crippen molar-refractivity contribution in [1.29, 1.82) is 5.26 Å². The van der Waals surface area contributed by atoms with Crippen molar-refractivity contribution in [3.8, 4) is 6.07 Å². The van der Waals surface area contributed by atoms with Crippen molar-refractivity contribution in [2.45, 2.75) is 39.4 Å². The number of alkyl halides is 1. The standard InChI is InChI=1S/C11H17FN2O/c1-7(2)8(3)11(15)14-6-9(12)4-10(14)5-13/h7-10H,4,6H2,1-3H3/t8-,9-,10-/m0/s1. The Balaban J connectivity index is 2.71. The molecule has 0 bridgehead atoms. The first-order chi connectivity index (χ1) is 6.97. The number of halogens is 1. The molecule has 84 valence electrons. The van der Waals surface area contributed by atoms with Gasteiger partial charge >= 0.3 is 0 Å². The molecule has 15 heavy (non-hydrogen) atoms. The van der Waals surface area contributed by atoms with Crippen LogP contribution in [0.15, 0.2) is 0 Å². The van der Waals surface area contributed by atoms with Crippen LogP contribution in [0.5, 0.6) is 0 Å². The number of hydrogen-bond acceptors (Lipinski definition) is 2. The van der Waals surface area contributed by atoms with Gasteiger partial charge in [0, 0.05) is 12.3 Å². The minimum atomic E-state index is -1.04. The fourth-order valence-corrected chi connectivity index (χ4v) is 1.70. The fourth-order valence-electron chi connectivity index (χ4n) is 1.70. The van der Waals surface area contributed by atoms with Crippen LogP contribution in [0.1, 0.15) is 27.2 Å². The minimum absolute atomic E-state index is 0.0775. The summed E-state index contributed by atoms with van der Waals surface area (Å²) in [6, 6.07) is 1.41. The molecule has 0 saturated carbocycles. The monoisotopic (exact) mass is 212 g/mol. The van der Waals surface area contributed by atoms with Gasteiger partial charge in [0.1, 0.15) is 12.2 Å². The summed E-state index contributed by atoms with van der Waals surface area (Å²) in [6.45, 7) is 5.81. The van der Waals surface area contributed by atoms with Gasteiger partial charge in [-0.3, -0.25) is 4.79 Å². The lowest BCUT2D eigenvalue weighted by atomic mass is 9.96. The Kier molecular flexibility index (Phi) is 3.67. The van der Waals surface area contributed by atoms with Crippen molar-refractivity contribution in [2.75, 3.05) is 6.54 Å². The lowest BCUT2D eigenvalue weighted by Crippen LogP contribution is -2.40. The van der Waals surface area contributed by atoms with E-state index in [2.05, 4.69) is 0 Å². The van der Waals surface area contributed by atoms with Gasteiger partial charge in [0.05, 0.1) is 12.6 Å². The zero-order valence-corrected chi connectivity index (χ0v) is 9.40. The van der Waals surface area contributed by atoms with Crippen molar-refractivity contribution in [3.05, 3.63) is 0 Å². The van der Waals surface area contributed by atoms with E-state index in [9.17, 15) is 9.18 Å². The number of nitriles is 1. The molecule has 1 aliphatic heterocycles. The molecule has 3 nitrogen and oxygen atoms in total. The van der Waals surface area contributed by atoms with Crippen LogP contribution in [0.4, 0.5) is 4.39 Å². The van der Waals surface area contributed by atoms with E-state index >= 15 is 0 Å². The van der Waals surface area contributed by atoms with Crippen molar-refractivity contribution >= 4 is 5.91 Å². The van der Waals surface area contributed by atoms with Gasteiger partial charge in [-0.2, -0.15) is 5.26 Å². The number of amides is 1. The van der Waals surface area contributed by atoms with Gasteiger partial charge in [-0.15, -0.1) is 0 Å². The summed E-state index contributed by atoms with van der Waals surface area (Å²) < 4.78 is 13.1. The van der Waals surface area contributed by atoms with Crippen LogP contribution in [0, 0.1) is 23.2 Å². The molecule has 0 aromatic rings. The lowest BCUT2D eigenvalue weighted by Gasteiger charge is -2.25. The first kappa shape index (κ1) is 12.0. The zero-order chi connectivity index (χ0) is 11.6. The van der Waals surface area contributed by atoms with E-state index in [4.69, 9.17) is 5.26 Å². The number of hydrogen-bond donors (Lipinski definition) is 0. The molecule has 0 radical (unpaired) electrons. The molecule has 1 saturated heterocycles. The normalized spacial score (nSPS) is 27.9. The Bertz CT molecular complexity index is 285. The van der Waals surface area contributed by atoms with E-state index in [-0.39, 0.29) is 30.7 Å². The highest BCUT2D eigenvalue weighted by atomic mass is 19.1. The zero-order valence-electron chi connectivity index (χ0n) is 9.40. The van der Waals surface area contributed by atoms with Gasteiger partial charge in [-0.25, -0.2) is 4.39 Å². The van der Waals surface area contributed by atoms with Crippen molar-refractivity contribution in [2.24, 2.45) is 11.8 Å². The molecule has 1 amide bonds. The summed E-state index contributed by atoms with van der Waals surface area (Å²) in [7, 11) is 0. The molecule has 0 aliphatic carbocycles. The van der Waals surface area contributed by atoms with Gasteiger partial charge < -0.3 is 4.90 Å². The first-order valence-electron chi connectivity index (χ1n) is 5.31. The van der Waals surface area contributed by atoms with E-state index in [0.29, 0.717) is 0 Å². The Labute approximate surface area is 89.9 Å². The molecule has 1 fully saturated rings. The molecule has 1 heterocycles. The number of rotatable bonds is 2. The van der Waals surface area contributed by atoms with Crippen LogP contribution < -0.4 is 0 Å². The van der Waals surface area contributed by atoms with Crippen molar-refractivity contribution in [1.82, 2.24) is 4.90 Å². The molecule has 0 aromatic carbocycles. The quantitative estimate of drug-likeness (QED) is 0.699. The largest absolute Gasteiger partial charge is 0.323 e. The second-order valence-electron chi connectivity index (χ2n) is 4.50. The number of likely N-dealkylation sites (tertiary alicyclic amines) is 1. The first-order valence-corrected chi connectivity index (χ1v) is 5.31. The highest BCUT2D eigenvalue weighted by Gasteiger charge is 2.37. The molecule has 4 heteroatoms. The highest BCUT2D eigenvalue weighted by molar-refractivity contribution is 5.79. The number of nitrogens with zero attached hydrogens (tertiary/aromatic N) is 2. The lowest BCUT2D eigenvalue weighted by molar-refractivity contribution is -0.136. The van der Waals surface area contributed by atoms with Gasteiger partial charge in [-0.05, 0) is 5.92 Å². The third-order valence-electron chi connectivity index (χ3n) is 3.07. The van der Waals surface area contributed by atoms with E-state index in [0.717, 1.165) is 0 Å². The van der Waals surface area contributed by atoms with Gasteiger partial charge in [0.2, 0.25) is 5.91 Å². The van der Waals surface area contributed by atoms with Gasteiger partial charge in [0.15, 0.2) is 0 Å². The third kappa shape index (κ3) is 2.47. The Hall–Kier alpha value is -1.11. The molecule has 0 spiro atoms. The van der Waals surface area contributed by atoms with Gasteiger partial charge in [0.25, 0.3) is 0 Å². The van der Waals surface area contributed by atoms with Crippen LogP contribution in [-0.2, 0) is 4.79 Å². The van der Waals surface area contributed by atoms with Crippen molar-refractivity contribution < 1.29 is 9.18 Å². The maximum atomic E-state index is 13.1. The molecule has 0 unspecified atom stereocenters. The Morgan fingerprint density at radius 2 is 2.13 bits per heavy atom. The highest BCUT2D eigenvalue weighted by Crippen LogP contribution is 2.24. The number of carbonyl (C=O) groups is 1. The molecule has 0 N–H and O–H groups in total. The maximum Gasteiger partial charge on any atom is 0.226 e. The molecular weight excluding hydrogens is 195 g/mol. The summed E-state index contributed by atoms with van der Waals surface area (Å²) in [4.78, 5) is 13.3. The summed E-state index contributed by atoms with van der Waals surface area (Å²) in [5.74, 6) is -0.0293. The molecular formula is C11H17FN2O. The predicted octanol–water partition coefficient (Wildman–Crippen LogP) is 1.74. The predicted molar refractivity (Wildman–Crippen MR) is 54.6 cm³/mol. The second-order valence-corrected chi connectivity index (χ2v) is 4.50. The van der Waals surface area contributed by atoms with Crippen LogP contribution in [0.25, 0.3) is 0 Å². The van der Waals surface area contributed by atoms with E-state index in [1.54, 1.807) is 0 Å². The minimum Gasteiger partial charge on any atom is -0.323 e. The van der Waals surface area contributed by atoms with E-state index in [1.165, 1.54) is 4.90 Å². The smallest absolute Gasteiger partial charge is 0.226 e. The Morgan fingerprint density at radius 1 is 1.53 bits per heavy atom. The van der Waals surface area contributed by atoms with Crippen LogP contribution in [-0.4, -0.2) is 29.6 Å². The van der Waals surface area contributed by atoms with Crippen LogP contribution >= 0.6 is 0 Å². The summed E-state index contributed by atoms with van der Waals surface area (Å²) in [6.07, 6.45) is -0.884. The molecule has 1 rings (SSSR count). The maximum absolute atomic E-state index is 13.1. The summed E-state index contributed by atoms with van der Waals surface area (Å²) >= 11 is 0. The van der Waals surface area contributed by atoms with E-state index < -0.39 is 12.2 Å². The number of carbonyl (C=O) groups excluding carboxylic acids is 1. The van der Waals surface area contributed by atoms with Crippen molar-refractivity contribution in [3.63, 3.8) is 0 Å². The SMILES string of the molecule is CC(C)[C@H](C)C(=O)N1C[C@@H](F)C[C@H]1C#N. The average molecular weight is 212 g/mol. The van der Waals surface area contributed by atoms with E-state index in [1.807, 2.05) is 26.8 Å². The average Bonchev–Trinajstić information content (AvgIpc) is 2.57. The van der Waals surface area contributed by atoms with Gasteiger partial charge in [-0.1, -0.05) is 20.8 Å². The third-order valence-corrected chi connectivity index (χ3v) is 3.07. The molecule has 3 atom stereocenters. The second kappa shape index (κ2) is 4.61. The van der Waals surface area contributed by atoms with Crippen LogP contribution in [0.2, 0.25) is 0 Å². The summed E-state index contributed by atoms with van der Waals surface area (Å²) in [5, 5.41) is 8.81. The molecule has 1 aliphatic rings. The molecule has 0 aromatic heterocycles. The topological polar surface area (TPSA) is 44.1 Å². The fraction of sp³-hybridized carbons (Fsp3) is 0.818. The Morgan fingerprint density at radius 3 is 2.60 bits per heavy atom. The summed E-state index contributed by atoms with van der Waals surface area (Å²) in [5.41, 5.74) is 0. The van der Waals surface area contributed by atoms with Crippen LogP contribution in [0.3, 0.4) is 0 Å².